The van der Waals surface area contributed by atoms with Crippen molar-refractivity contribution >= 4 is 5.97 Å². The lowest BCUT2D eigenvalue weighted by atomic mass is 10.0. The van der Waals surface area contributed by atoms with Crippen molar-refractivity contribution in [2.45, 2.75) is 65.9 Å². The second-order valence-corrected chi connectivity index (χ2v) is 4.99. The molecule has 2 nitrogen and oxygen atoms in total. The molecule has 0 radical (unpaired) electrons. The number of hydrogen-bond acceptors (Lipinski definition) is 2. The minimum Gasteiger partial charge on any atom is -0.460 e. The molecule has 1 atom stereocenters. The summed E-state index contributed by atoms with van der Waals surface area (Å²) in [5.41, 5.74) is -0.340. The van der Waals surface area contributed by atoms with Crippen molar-refractivity contribution in [1.82, 2.24) is 0 Å². The van der Waals surface area contributed by atoms with E-state index in [4.69, 9.17) is 4.74 Å². The van der Waals surface area contributed by atoms with E-state index in [1.807, 2.05) is 20.8 Å². The van der Waals surface area contributed by atoms with E-state index in [0.29, 0.717) is 6.42 Å². The van der Waals surface area contributed by atoms with E-state index in [0.717, 1.165) is 18.8 Å². The lowest BCUT2D eigenvalue weighted by Gasteiger charge is -2.19. The molecule has 2 heteroatoms. The molecule has 0 aliphatic carbocycles. The van der Waals surface area contributed by atoms with Crippen LogP contribution in [0, 0.1) is 5.92 Å². The van der Waals surface area contributed by atoms with Crippen LogP contribution >= 0.6 is 0 Å². The summed E-state index contributed by atoms with van der Waals surface area (Å²) in [6.07, 6.45) is 3.82. The van der Waals surface area contributed by atoms with Crippen molar-refractivity contribution < 1.29 is 9.53 Å². The van der Waals surface area contributed by atoms with Gasteiger partial charge in [0.2, 0.25) is 0 Å². The fourth-order valence-corrected chi connectivity index (χ4v) is 1.19. The van der Waals surface area contributed by atoms with Gasteiger partial charge >= 0.3 is 5.97 Å². The minimum absolute atomic E-state index is 0.0687. The molecule has 0 bridgehead atoms. The van der Waals surface area contributed by atoms with Gasteiger partial charge in [0, 0.05) is 6.42 Å². The van der Waals surface area contributed by atoms with Gasteiger partial charge in [-0.15, -0.1) is 0 Å². The van der Waals surface area contributed by atoms with E-state index in [1.54, 1.807) is 0 Å². The molecule has 84 valence electrons. The largest absolute Gasteiger partial charge is 0.460 e. The van der Waals surface area contributed by atoms with Crippen molar-refractivity contribution in [1.29, 1.82) is 0 Å². The summed E-state index contributed by atoms with van der Waals surface area (Å²) in [7, 11) is 0. The standard InChI is InChI=1S/C12H24O2/c1-6-10(2)8-7-9-11(13)14-12(3,4)5/h10H,6-9H2,1-5H3. The third kappa shape index (κ3) is 8.09. The van der Waals surface area contributed by atoms with E-state index in [9.17, 15) is 4.79 Å². The van der Waals surface area contributed by atoms with Gasteiger partial charge in [0.1, 0.15) is 5.60 Å². The third-order valence-corrected chi connectivity index (χ3v) is 2.19. The Bertz CT molecular complexity index is 168. The summed E-state index contributed by atoms with van der Waals surface area (Å²) in [4.78, 5) is 11.3. The smallest absolute Gasteiger partial charge is 0.306 e. The monoisotopic (exact) mass is 200 g/mol. The van der Waals surface area contributed by atoms with E-state index >= 15 is 0 Å². The molecule has 0 heterocycles. The van der Waals surface area contributed by atoms with Crippen LogP contribution in [0.2, 0.25) is 0 Å². The maximum Gasteiger partial charge on any atom is 0.306 e. The van der Waals surface area contributed by atoms with Crippen LogP contribution in [0.15, 0.2) is 0 Å². The highest BCUT2D eigenvalue weighted by atomic mass is 16.6. The second kappa shape index (κ2) is 6.05. The Kier molecular flexibility index (Phi) is 5.82. The fraction of sp³-hybridized carbons (Fsp3) is 0.917. The van der Waals surface area contributed by atoms with Gasteiger partial charge in [0.25, 0.3) is 0 Å². The lowest BCUT2D eigenvalue weighted by molar-refractivity contribution is -0.154. The molecule has 0 N–H and O–H groups in total. The predicted molar refractivity (Wildman–Crippen MR) is 59.2 cm³/mol. The Balaban J connectivity index is 3.55. The van der Waals surface area contributed by atoms with Crippen LogP contribution in [0.1, 0.15) is 60.3 Å². The van der Waals surface area contributed by atoms with Crippen LogP contribution < -0.4 is 0 Å². The van der Waals surface area contributed by atoms with Crippen molar-refractivity contribution in [3.63, 3.8) is 0 Å². The topological polar surface area (TPSA) is 26.3 Å². The molecule has 0 fully saturated rings. The number of rotatable bonds is 5. The zero-order chi connectivity index (χ0) is 11.2. The van der Waals surface area contributed by atoms with E-state index in [2.05, 4.69) is 13.8 Å². The van der Waals surface area contributed by atoms with Gasteiger partial charge in [-0.25, -0.2) is 0 Å². The average molecular weight is 200 g/mol. The first-order chi connectivity index (χ1) is 6.35. The van der Waals surface area contributed by atoms with Crippen LogP contribution in [0.5, 0.6) is 0 Å². The molecule has 0 saturated carbocycles. The summed E-state index contributed by atoms with van der Waals surface area (Å²) in [6.45, 7) is 10.1. The zero-order valence-corrected chi connectivity index (χ0v) is 10.2. The van der Waals surface area contributed by atoms with E-state index < -0.39 is 0 Å². The quantitative estimate of drug-likeness (QED) is 0.634. The summed E-state index contributed by atoms with van der Waals surface area (Å²) < 4.78 is 5.21. The molecular weight excluding hydrogens is 176 g/mol. The molecular formula is C12H24O2. The predicted octanol–water partition coefficient (Wildman–Crippen LogP) is 3.54. The van der Waals surface area contributed by atoms with E-state index in [-0.39, 0.29) is 11.6 Å². The lowest BCUT2D eigenvalue weighted by Crippen LogP contribution is -2.23. The summed E-state index contributed by atoms with van der Waals surface area (Å²) in [6, 6.07) is 0. The molecule has 0 aliphatic rings. The van der Waals surface area contributed by atoms with Gasteiger partial charge in [-0.2, -0.15) is 0 Å². The number of carbonyl (C=O) groups excluding carboxylic acids is 1. The number of ether oxygens (including phenoxy) is 1. The highest BCUT2D eigenvalue weighted by Gasteiger charge is 2.15. The Morgan fingerprint density at radius 3 is 2.36 bits per heavy atom. The molecule has 0 spiro atoms. The van der Waals surface area contributed by atoms with Crippen LogP contribution in [0.3, 0.4) is 0 Å². The number of esters is 1. The first-order valence-electron chi connectivity index (χ1n) is 5.57. The van der Waals surface area contributed by atoms with Crippen molar-refractivity contribution in [3.8, 4) is 0 Å². The van der Waals surface area contributed by atoms with Crippen LogP contribution in [-0.2, 0) is 9.53 Å². The van der Waals surface area contributed by atoms with Gasteiger partial charge in [0.15, 0.2) is 0 Å². The molecule has 1 unspecified atom stereocenters. The van der Waals surface area contributed by atoms with Gasteiger partial charge < -0.3 is 4.74 Å². The zero-order valence-electron chi connectivity index (χ0n) is 10.2. The Labute approximate surface area is 88.0 Å². The molecule has 0 saturated heterocycles. The highest BCUT2D eigenvalue weighted by Crippen LogP contribution is 2.13. The van der Waals surface area contributed by atoms with E-state index in [1.165, 1.54) is 6.42 Å². The van der Waals surface area contributed by atoms with Crippen molar-refractivity contribution in [2.24, 2.45) is 5.92 Å². The first-order valence-corrected chi connectivity index (χ1v) is 5.57. The summed E-state index contributed by atoms with van der Waals surface area (Å²) in [5, 5.41) is 0. The molecule has 0 rings (SSSR count). The molecule has 14 heavy (non-hydrogen) atoms. The van der Waals surface area contributed by atoms with Crippen molar-refractivity contribution in [2.75, 3.05) is 0 Å². The Morgan fingerprint density at radius 1 is 1.36 bits per heavy atom. The van der Waals surface area contributed by atoms with Gasteiger partial charge in [-0.05, 0) is 33.1 Å². The maximum atomic E-state index is 11.3. The molecule has 0 amide bonds. The normalized spacial score (nSPS) is 13.8. The van der Waals surface area contributed by atoms with Crippen LogP contribution in [0.25, 0.3) is 0 Å². The molecule has 0 aliphatic heterocycles. The van der Waals surface area contributed by atoms with Crippen LogP contribution in [-0.4, -0.2) is 11.6 Å². The number of carbonyl (C=O) groups is 1. The summed E-state index contributed by atoms with van der Waals surface area (Å²) >= 11 is 0. The summed E-state index contributed by atoms with van der Waals surface area (Å²) in [5.74, 6) is 0.651. The van der Waals surface area contributed by atoms with Gasteiger partial charge in [0.05, 0.1) is 0 Å². The van der Waals surface area contributed by atoms with Crippen LogP contribution in [0.4, 0.5) is 0 Å². The molecule has 0 aromatic carbocycles. The maximum absolute atomic E-state index is 11.3. The molecule has 0 aromatic rings. The molecule has 0 aromatic heterocycles. The first kappa shape index (κ1) is 13.5. The SMILES string of the molecule is CCC(C)CCCC(=O)OC(C)(C)C. The van der Waals surface area contributed by atoms with Crippen molar-refractivity contribution in [3.05, 3.63) is 0 Å². The number of hydrogen-bond donors (Lipinski definition) is 0. The fourth-order valence-electron chi connectivity index (χ4n) is 1.19. The Morgan fingerprint density at radius 2 is 1.93 bits per heavy atom. The highest BCUT2D eigenvalue weighted by molar-refractivity contribution is 5.69. The van der Waals surface area contributed by atoms with Gasteiger partial charge in [-0.3, -0.25) is 4.79 Å². The third-order valence-electron chi connectivity index (χ3n) is 2.19. The van der Waals surface area contributed by atoms with Gasteiger partial charge in [-0.1, -0.05) is 26.7 Å². The Hall–Kier alpha value is -0.530. The second-order valence-electron chi connectivity index (χ2n) is 4.99. The minimum atomic E-state index is -0.340. The average Bonchev–Trinajstić information content (AvgIpc) is 2.00.